The highest BCUT2D eigenvalue weighted by Gasteiger charge is 2.19. The molecule has 0 atom stereocenters. The van der Waals surface area contributed by atoms with Gasteiger partial charge in [0.15, 0.2) is 0 Å². The van der Waals surface area contributed by atoms with Crippen LogP contribution in [0.2, 0.25) is 0 Å². The number of hydrogen-bond donors (Lipinski definition) is 0. The quantitative estimate of drug-likeness (QED) is 0.861. The zero-order valence-corrected chi connectivity index (χ0v) is 11.6. The van der Waals surface area contributed by atoms with Crippen molar-refractivity contribution >= 4 is 5.69 Å². The molecule has 2 aromatic rings. The molecule has 1 aromatic heterocycles. The minimum Gasteiger partial charge on any atom is -0.367 e. The lowest BCUT2D eigenvalue weighted by Gasteiger charge is -2.35. The SMILES string of the molecule is Cc1cc(CN2CCN(c3ccccc3F)CC2)no1. The lowest BCUT2D eigenvalue weighted by Crippen LogP contribution is -2.46. The first-order valence-electron chi connectivity index (χ1n) is 6.86. The molecular formula is C15H18FN3O. The molecule has 1 aliphatic rings. The summed E-state index contributed by atoms with van der Waals surface area (Å²) < 4.78 is 18.8. The van der Waals surface area contributed by atoms with Gasteiger partial charge in [-0.15, -0.1) is 0 Å². The molecule has 0 aliphatic carbocycles. The standard InChI is InChI=1S/C15H18FN3O/c1-12-10-13(17-20-12)11-18-6-8-19(9-7-18)15-5-3-2-4-14(15)16/h2-5,10H,6-9,11H2,1H3. The van der Waals surface area contributed by atoms with Crippen molar-refractivity contribution in [3.8, 4) is 0 Å². The molecule has 0 N–H and O–H groups in total. The van der Waals surface area contributed by atoms with Gasteiger partial charge in [-0.1, -0.05) is 17.3 Å². The topological polar surface area (TPSA) is 32.5 Å². The normalized spacial score (nSPS) is 16.6. The van der Waals surface area contributed by atoms with Crippen molar-refractivity contribution in [2.24, 2.45) is 0 Å². The Morgan fingerprint density at radius 1 is 1.20 bits per heavy atom. The van der Waals surface area contributed by atoms with E-state index in [4.69, 9.17) is 4.52 Å². The van der Waals surface area contributed by atoms with Crippen LogP contribution >= 0.6 is 0 Å². The van der Waals surface area contributed by atoms with E-state index in [-0.39, 0.29) is 5.82 Å². The molecule has 1 saturated heterocycles. The van der Waals surface area contributed by atoms with E-state index in [2.05, 4.69) is 15.0 Å². The Morgan fingerprint density at radius 2 is 1.95 bits per heavy atom. The summed E-state index contributed by atoms with van der Waals surface area (Å²) in [6, 6.07) is 8.92. The van der Waals surface area contributed by atoms with Crippen LogP contribution < -0.4 is 4.90 Å². The summed E-state index contributed by atoms with van der Waals surface area (Å²) in [6.07, 6.45) is 0. The van der Waals surface area contributed by atoms with E-state index < -0.39 is 0 Å². The second-order valence-electron chi connectivity index (χ2n) is 5.14. The molecular weight excluding hydrogens is 257 g/mol. The number of aromatic nitrogens is 1. The van der Waals surface area contributed by atoms with Gasteiger partial charge < -0.3 is 9.42 Å². The molecule has 3 rings (SSSR count). The Labute approximate surface area is 117 Å². The van der Waals surface area contributed by atoms with Crippen LogP contribution in [0.3, 0.4) is 0 Å². The van der Waals surface area contributed by atoms with Gasteiger partial charge in [0.05, 0.1) is 11.4 Å². The fraction of sp³-hybridized carbons (Fsp3) is 0.400. The van der Waals surface area contributed by atoms with Gasteiger partial charge in [-0.05, 0) is 19.1 Å². The van der Waals surface area contributed by atoms with Crippen LogP contribution in [0.25, 0.3) is 0 Å². The molecule has 0 radical (unpaired) electrons. The minimum absolute atomic E-state index is 0.145. The predicted octanol–water partition coefficient (Wildman–Crippen LogP) is 2.44. The smallest absolute Gasteiger partial charge is 0.146 e. The van der Waals surface area contributed by atoms with E-state index in [1.807, 2.05) is 25.1 Å². The second-order valence-corrected chi connectivity index (χ2v) is 5.14. The number of benzene rings is 1. The Morgan fingerprint density at radius 3 is 2.60 bits per heavy atom. The van der Waals surface area contributed by atoms with Gasteiger partial charge in [0, 0.05) is 38.8 Å². The molecule has 106 valence electrons. The monoisotopic (exact) mass is 275 g/mol. The first kappa shape index (κ1) is 13.1. The largest absolute Gasteiger partial charge is 0.367 e. The molecule has 0 bridgehead atoms. The zero-order valence-electron chi connectivity index (χ0n) is 11.6. The number of para-hydroxylation sites is 1. The predicted molar refractivity (Wildman–Crippen MR) is 75.1 cm³/mol. The van der Waals surface area contributed by atoms with Gasteiger partial charge in [0.25, 0.3) is 0 Å². The highest BCUT2D eigenvalue weighted by molar-refractivity contribution is 5.47. The van der Waals surface area contributed by atoms with Crippen molar-refractivity contribution in [2.45, 2.75) is 13.5 Å². The maximum Gasteiger partial charge on any atom is 0.146 e. The van der Waals surface area contributed by atoms with Crippen LogP contribution in [0.5, 0.6) is 0 Å². The molecule has 1 aromatic carbocycles. The van der Waals surface area contributed by atoms with E-state index in [0.717, 1.165) is 44.2 Å². The zero-order chi connectivity index (χ0) is 13.9. The molecule has 1 aliphatic heterocycles. The number of halogens is 1. The van der Waals surface area contributed by atoms with Crippen molar-refractivity contribution < 1.29 is 8.91 Å². The third-order valence-electron chi connectivity index (χ3n) is 3.63. The number of anilines is 1. The highest BCUT2D eigenvalue weighted by atomic mass is 19.1. The van der Waals surface area contributed by atoms with E-state index in [1.54, 1.807) is 6.07 Å². The number of nitrogens with zero attached hydrogens (tertiary/aromatic N) is 3. The fourth-order valence-electron chi connectivity index (χ4n) is 2.58. The van der Waals surface area contributed by atoms with Gasteiger partial charge in [-0.2, -0.15) is 0 Å². The van der Waals surface area contributed by atoms with Crippen LogP contribution in [-0.2, 0) is 6.54 Å². The first-order chi connectivity index (χ1) is 9.72. The van der Waals surface area contributed by atoms with Gasteiger partial charge in [0.2, 0.25) is 0 Å². The average molecular weight is 275 g/mol. The second kappa shape index (κ2) is 5.63. The Kier molecular flexibility index (Phi) is 3.69. The fourth-order valence-corrected chi connectivity index (χ4v) is 2.58. The van der Waals surface area contributed by atoms with Crippen LogP contribution in [0.4, 0.5) is 10.1 Å². The lowest BCUT2D eigenvalue weighted by molar-refractivity contribution is 0.241. The maximum absolute atomic E-state index is 13.7. The van der Waals surface area contributed by atoms with Gasteiger partial charge in [-0.3, -0.25) is 4.90 Å². The average Bonchev–Trinajstić information content (AvgIpc) is 2.86. The van der Waals surface area contributed by atoms with Crippen molar-refractivity contribution in [3.05, 3.63) is 47.6 Å². The maximum atomic E-state index is 13.7. The molecule has 0 saturated carbocycles. The summed E-state index contributed by atoms with van der Waals surface area (Å²) in [5.41, 5.74) is 1.66. The number of piperazine rings is 1. The summed E-state index contributed by atoms with van der Waals surface area (Å²) in [5.74, 6) is 0.693. The molecule has 0 unspecified atom stereocenters. The highest BCUT2D eigenvalue weighted by Crippen LogP contribution is 2.20. The summed E-state index contributed by atoms with van der Waals surface area (Å²) >= 11 is 0. The molecule has 2 heterocycles. The summed E-state index contributed by atoms with van der Waals surface area (Å²) in [5, 5.41) is 4.01. The van der Waals surface area contributed by atoms with E-state index in [0.29, 0.717) is 5.69 Å². The molecule has 0 amide bonds. The Bertz CT molecular complexity index is 576. The first-order valence-corrected chi connectivity index (χ1v) is 6.86. The van der Waals surface area contributed by atoms with Gasteiger partial charge in [-0.25, -0.2) is 4.39 Å². The van der Waals surface area contributed by atoms with Gasteiger partial charge >= 0.3 is 0 Å². The van der Waals surface area contributed by atoms with Crippen molar-refractivity contribution in [2.75, 3.05) is 31.1 Å². The van der Waals surface area contributed by atoms with Crippen LogP contribution in [0.15, 0.2) is 34.9 Å². The Hall–Kier alpha value is -1.88. The summed E-state index contributed by atoms with van der Waals surface area (Å²) in [7, 11) is 0. The summed E-state index contributed by atoms with van der Waals surface area (Å²) in [6.45, 7) is 6.16. The molecule has 4 nitrogen and oxygen atoms in total. The van der Waals surface area contributed by atoms with E-state index in [9.17, 15) is 4.39 Å². The van der Waals surface area contributed by atoms with E-state index in [1.165, 1.54) is 6.07 Å². The van der Waals surface area contributed by atoms with Crippen molar-refractivity contribution in [1.29, 1.82) is 0 Å². The number of hydrogen-bond acceptors (Lipinski definition) is 4. The summed E-state index contributed by atoms with van der Waals surface area (Å²) in [4.78, 5) is 4.41. The number of aryl methyl sites for hydroxylation is 1. The third-order valence-corrected chi connectivity index (χ3v) is 3.63. The lowest BCUT2D eigenvalue weighted by atomic mass is 10.2. The molecule has 20 heavy (non-hydrogen) atoms. The van der Waals surface area contributed by atoms with Crippen LogP contribution in [0.1, 0.15) is 11.5 Å². The van der Waals surface area contributed by atoms with Gasteiger partial charge in [0.1, 0.15) is 11.6 Å². The Balaban J connectivity index is 1.58. The molecule has 1 fully saturated rings. The van der Waals surface area contributed by atoms with Crippen LogP contribution in [-0.4, -0.2) is 36.2 Å². The molecule has 5 heteroatoms. The molecule has 0 spiro atoms. The number of rotatable bonds is 3. The third kappa shape index (κ3) is 2.82. The van der Waals surface area contributed by atoms with Crippen LogP contribution in [0, 0.1) is 12.7 Å². The van der Waals surface area contributed by atoms with Crippen molar-refractivity contribution in [1.82, 2.24) is 10.1 Å². The van der Waals surface area contributed by atoms with E-state index >= 15 is 0 Å². The minimum atomic E-state index is -0.145. The van der Waals surface area contributed by atoms with Crippen molar-refractivity contribution in [3.63, 3.8) is 0 Å².